The molecule has 0 saturated heterocycles. The van der Waals surface area contributed by atoms with E-state index >= 15 is 0 Å². The number of alkyl halides is 6. The molecule has 0 radical (unpaired) electrons. The third-order valence-corrected chi connectivity index (χ3v) is 7.56. The molecular weight excluding hydrogens is 572 g/mol. The summed E-state index contributed by atoms with van der Waals surface area (Å²) in [5.74, 6) is 4.93. The maximum Gasteiger partial charge on any atom is 0.416 e. The quantitative estimate of drug-likeness (QED) is 0.242. The second kappa shape index (κ2) is 21.5. The van der Waals surface area contributed by atoms with Crippen molar-refractivity contribution in [1.82, 2.24) is 0 Å². The molecule has 0 aromatic heterocycles. The second-order valence-electron chi connectivity index (χ2n) is 9.34. The zero-order valence-electron chi connectivity index (χ0n) is 26.6. The van der Waals surface area contributed by atoms with Gasteiger partial charge in [0.2, 0.25) is 0 Å². The highest BCUT2D eigenvalue weighted by Gasteiger charge is 2.37. The number of hydrogen-bond acceptors (Lipinski definition) is 2. The summed E-state index contributed by atoms with van der Waals surface area (Å²) >= 11 is 1.30. The van der Waals surface area contributed by atoms with E-state index in [9.17, 15) is 31.1 Å². The molecule has 0 N–H and O–H groups in total. The van der Waals surface area contributed by atoms with E-state index in [-0.39, 0.29) is 23.3 Å². The van der Waals surface area contributed by atoms with Crippen LogP contribution in [0, 0.1) is 30.1 Å². The normalized spacial score (nSPS) is 20.4. The number of allylic oxidation sites excluding steroid dienone is 2. The minimum atomic E-state index is -4.76. The highest BCUT2D eigenvalue weighted by Crippen LogP contribution is 2.42. The Morgan fingerprint density at radius 2 is 1.48 bits per heavy atom. The Morgan fingerprint density at radius 1 is 0.952 bits per heavy atom. The SMILES string of the molecule is C#CCCC.CC.CC.CC[C@@H]1CC(/C=C2\SC(=O)N=C2C)C[C@@H]1CC.CCc1ccc(C(F)(F)F)cc1C(F)(F)F. The van der Waals surface area contributed by atoms with Crippen LogP contribution in [0.2, 0.25) is 0 Å². The molecule has 1 amide bonds. The second-order valence-corrected chi connectivity index (χ2v) is 10.3. The standard InChI is InChI=1S/C14H21NOS.C10H8F6.C5H8.2C2H6/c1-4-11-6-10(7-12(11)5-2)8-13-9(3)15-14(16)17-13;1-2-6-3-4-7(9(11,12)13)5-8(6)10(14,15)16;1-3-5-4-2;2*1-2/h8,10-12H,4-7H2,1-3H3;3-5H,2H2,1H3;1H,4-5H2,2H3;2*1-2H3/b13-8-;;;;/t10?,11-,12+;;;;. The first kappa shape index (κ1) is 41.9. The number of benzene rings is 1. The molecule has 9 heteroatoms. The average molecular weight is 622 g/mol. The van der Waals surface area contributed by atoms with E-state index in [1.54, 1.807) is 0 Å². The topological polar surface area (TPSA) is 29.4 Å². The molecule has 42 heavy (non-hydrogen) atoms. The Hall–Kier alpha value is -2.21. The summed E-state index contributed by atoms with van der Waals surface area (Å²) < 4.78 is 74.0. The molecular formula is C33H49F6NOS. The van der Waals surface area contributed by atoms with Crippen LogP contribution >= 0.6 is 11.8 Å². The van der Waals surface area contributed by atoms with E-state index in [1.165, 1.54) is 44.4 Å². The van der Waals surface area contributed by atoms with Crippen LogP contribution in [0.5, 0.6) is 0 Å². The summed E-state index contributed by atoms with van der Waals surface area (Å²) in [6, 6.07) is 1.68. The zero-order valence-corrected chi connectivity index (χ0v) is 27.4. The molecule has 1 heterocycles. The van der Waals surface area contributed by atoms with E-state index in [2.05, 4.69) is 37.8 Å². The lowest BCUT2D eigenvalue weighted by Gasteiger charge is -2.14. The third kappa shape index (κ3) is 14.8. The zero-order chi connectivity index (χ0) is 33.1. The van der Waals surface area contributed by atoms with Crippen LogP contribution in [0.3, 0.4) is 0 Å². The van der Waals surface area contributed by atoms with Gasteiger partial charge in [0.05, 0.1) is 16.8 Å². The Labute approximate surface area is 254 Å². The number of carbonyl (C=O) groups is 1. The summed E-state index contributed by atoms with van der Waals surface area (Å²) in [5, 5.41) is -0.0502. The van der Waals surface area contributed by atoms with Crippen molar-refractivity contribution in [2.24, 2.45) is 22.7 Å². The van der Waals surface area contributed by atoms with Gasteiger partial charge in [-0.05, 0) is 79.8 Å². The van der Waals surface area contributed by atoms with Crippen molar-refractivity contribution in [3.8, 4) is 12.3 Å². The molecule has 240 valence electrons. The molecule has 2 nitrogen and oxygen atoms in total. The van der Waals surface area contributed by atoms with Gasteiger partial charge >= 0.3 is 17.6 Å². The van der Waals surface area contributed by atoms with Crippen molar-refractivity contribution in [2.45, 2.75) is 120 Å². The summed E-state index contributed by atoms with van der Waals surface area (Å²) in [7, 11) is 0. The van der Waals surface area contributed by atoms with Crippen LogP contribution in [0.1, 0.15) is 118 Å². The molecule has 1 unspecified atom stereocenters. The van der Waals surface area contributed by atoms with Gasteiger partial charge in [0, 0.05) is 11.3 Å². The Balaban J connectivity index is 0. The first-order valence-corrected chi connectivity index (χ1v) is 15.7. The number of amides is 1. The molecule has 1 aromatic carbocycles. The van der Waals surface area contributed by atoms with E-state index < -0.39 is 23.5 Å². The van der Waals surface area contributed by atoms with Gasteiger partial charge < -0.3 is 0 Å². The van der Waals surface area contributed by atoms with Crippen LogP contribution in [0.4, 0.5) is 31.1 Å². The van der Waals surface area contributed by atoms with Gasteiger partial charge in [0.1, 0.15) is 0 Å². The first-order chi connectivity index (χ1) is 19.7. The van der Waals surface area contributed by atoms with E-state index in [0.29, 0.717) is 12.0 Å². The van der Waals surface area contributed by atoms with E-state index in [4.69, 9.17) is 6.42 Å². The summed E-state index contributed by atoms with van der Waals surface area (Å²) in [6.45, 7) is 18.1. The van der Waals surface area contributed by atoms with Gasteiger partial charge in [-0.25, -0.2) is 4.99 Å². The fourth-order valence-electron chi connectivity index (χ4n) is 4.62. The molecule has 3 rings (SSSR count). The number of aliphatic imine (C=N–C) groups is 1. The lowest BCUT2D eigenvalue weighted by molar-refractivity contribution is -0.143. The van der Waals surface area contributed by atoms with E-state index in [0.717, 1.165) is 41.4 Å². The van der Waals surface area contributed by atoms with Crippen LogP contribution in [-0.4, -0.2) is 11.0 Å². The Kier molecular flexibility index (Phi) is 21.4. The van der Waals surface area contributed by atoms with Crippen molar-refractivity contribution in [1.29, 1.82) is 0 Å². The van der Waals surface area contributed by atoms with Gasteiger partial charge in [0.25, 0.3) is 0 Å². The number of rotatable bonds is 5. The van der Waals surface area contributed by atoms with Crippen LogP contribution < -0.4 is 0 Å². The number of nitrogens with zero attached hydrogens (tertiary/aromatic N) is 1. The first-order valence-electron chi connectivity index (χ1n) is 14.9. The molecule has 1 aliphatic heterocycles. The highest BCUT2D eigenvalue weighted by molar-refractivity contribution is 8.18. The van der Waals surface area contributed by atoms with Crippen molar-refractivity contribution in [3.05, 3.63) is 45.9 Å². The van der Waals surface area contributed by atoms with E-state index in [1.807, 2.05) is 34.6 Å². The van der Waals surface area contributed by atoms with Gasteiger partial charge in [-0.1, -0.05) is 80.4 Å². The number of carbonyl (C=O) groups excluding carboxylic acids is 1. The lowest BCUT2D eigenvalue weighted by Crippen LogP contribution is -2.13. The molecule has 0 spiro atoms. The van der Waals surface area contributed by atoms with Gasteiger partial charge in [-0.3, -0.25) is 4.79 Å². The molecule has 0 bridgehead atoms. The minimum absolute atomic E-state index is 0.0347. The van der Waals surface area contributed by atoms with Crippen molar-refractivity contribution >= 4 is 22.7 Å². The fourth-order valence-corrected chi connectivity index (χ4v) is 5.44. The van der Waals surface area contributed by atoms with Crippen LogP contribution in [0.15, 0.2) is 34.2 Å². The summed E-state index contributed by atoms with van der Waals surface area (Å²) in [5.41, 5.74) is -1.73. The Bertz CT molecular complexity index is 1010. The van der Waals surface area contributed by atoms with Gasteiger partial charge in [-0.2, -0.15) is 26.3 Å². The monoisotopic (exact) mass is 621 g/mol. The molecule has 1 fully saturated rings. The van der Waals surface area contributed by atoms with Crippen LogP contribution in [-0.2, 0) is 18.8 Å². The predicted molar refractivity (Wildman–Crippen MR) is 167 cm³/mol. The third-order valence-electron chi connectivity index (χ3n) is 6.64. The number of aryl methyl sites for hydroxylation is 1. The van der Waals surface area contributed by atoms with Crippen molar-refractivity contribution in [3.63, 3.8) is 0 Å². The lowest BCUT2D eigenvalue weighted by atomic mass is 9.92. The number of hydrogen-bond donors (Lipinski definition) is 0. The van der Waals surface area contributed by atoms with Crippen molar-refractivity contribution in [2.75, 3.05) is 0 Å². The fraction of sp³-hybridized carbons (Fsp3) is 0.636. The Morgan fingerprint density at radius 3 is 1.79 bits per heavy atom. The van der Waals surface area contributed by atoms with Crippen LogP contribution in [0.25, 0.3) is 0 Å². The smallest absolute Gasteiger partial charge is 0.259 e. The molecule has 1 aromatic rings. The summed E-state index contributed by atoms with van der Waals surface area (Å²) in [6.07, 6.45) is 4.89. The maximum absolute atomic E-state index is 12.4. The number of thioether (sulfide) groups is 1. The molecule has 3 atom stereocenters. The predicted octanol–water partition coefficient (Wildman–Crippen LogP) is 12.4. The average Bonchev–Trinajstić information content (AvgIpc) is 3.51. The number of halogens is 6. The molecule has 2 aliphatic rings. The largest absolute Gasteiger partial charge is 0.416 e. The number of terminal acetylenes is 1. The summed E-state index contributed by atoms with van der Waals surface area (Å²) in [4.78, 5) is 16.3. The molecule has 1 saturated carbocycles. The minimum Gasteiger partial charge on any atom is -0.259 e. The van der Waals surface area contributed by atoms with Gasteiger partial charge in [0.15, 0.2) is 0 Å². The maximum atomic E-state index is 12.4. The highest BCUT2D eigenvalue weighted by atomic mass is 32.2. The molecule has 1 aliphatic carbocycles. The van der Waals surface area contributed by atoms with Crippen molar-refractivity contribution < 1.29 is 31.1 Å². The van der Waals surface area contributed by atoms with Gasteiger partial charge in [-0.15, -0.1) is 12.3 Å². The number of unbranched alkanes of at least 4 members (excludes halogenated alkanes) is 1.